The summed E-state index contributed by atoms with van der Waals surface area (Å²) < 4.78 is 11.0. The van der Waals surface area contributed by atoms with Crippen molar-refractivity contribution in [3.05, 3.63) is 59.7 Å². The maximum Gasteiger partial charge on any atom is 0.124 e. The summed E-state index contributed by atoms with van der Waals surface area (Å²) in [6.07, 6.45) is 2.02. The van der Waals surface area contributed by atoms with E-state index in [1.54, 1.807) is 7.11 Å². The van der Waals surface area contributed by atoms with Crippen LogP contribution in [0.4, 0.5) is 0 Å². The molecule has 3 heteroatoms. The van der Waals surface area contributed by atoms with Crippen LogP contribution >= 0.6 is 0 Å². The molecule has 0 spiro atoms. The molecule has 1 atom stereocenters. The van der Waals surface area contributed by atoms with Crippen molar-refractivity contribution >= 4 is 0 Å². The summed E-state index contributed by atoms with van der Waals surface area (Å²) in [4.78, 5) is 0. The van der Waals surface area contributed by atoms with Crippen LogP contribution in [0.25, 0.3) is 0 Å². The average molecular weight is 283 g/mol. The SMILES string of the molecule is COc1cccc(CCNC2CCOc3ccccc32)c1. The van der Waals surface area contributed by atoms with Crippen LogP contribution in [0.2, 0.25) is 0 Å². The molecule has 1 aliphatic rings. The number of para-hydroxylation sites is 1. The van der Waals surface area contributed by atoms with Gasteiger partial charge in [-0.2, -0.15) is 0 Å². The van der Waals surface area contributed by atoms with Crippen molar-refractivity contribution in [1.82, 2.24) is 5.32 Å². The predicted octanol–water partition coefficient (Wildman–Crippen LogP) is 3.35. The van der Waals surface area contributed by atoms with E-state index in [2.05, 4.69) is 29.6 Å². The first-order valence-corrected chi connectivity index (χ1v) is 7.45. The van der Waals surface area contributed by atoms with Crippen LogP contribution in [0.15, 0.2) is 48.5 Å². The molecular formula is C18H21NO2. The van der Waals surface area contributed by atoms with Crippen LogP contribution < -0.4 is 14.8 Å². The van der Waals surface area contributed by atoms with Crippen LogP contribution in [-0.2, 0) is 6.42 Å². The first-order valence-electron chi connectivity index (χ1n) is 7.45. The largest absolute Gasteiger partial charge is 0.497 e. The lowest BCUT2D eigenvalue weighted by Crippen LogP contribution is -2.28. The number of fused-ring (bicyclic) bond motifs is 1. The first-order chi connectivity index (χ1) is 10.4. The van der Waals surface area contributed by atoms with E-state index in [4.69, 9.17) is 9.47 Å². The van der Waals surface area contributed by atoms with Gasteiger partial charge in [0.15, 0.2) is 0 Å². The summed E-state index contributed by atoms with van der Waals surface area (Å²) in [5, 5.41) is 3.64. The number of benzene rings is 2. The first kappa shape index (κ1) is 14.0. The van der Waals surface area contributed by atoms with E-state index < -0.39 is 0 Å². The Morgan fingerprint density at radius 3 is 3.00 bits per heavy atom. The van der Waals surface area contributed by atoms with Crippen molar-refractivity contribution in [3.8, 4) is 11.5 Å². The zero-order chi connectivity index (χ0) is 14.5. The highest BCUT2D eigenvalue weighted by atomic mass is 16.5. The minimum Gasteiger partial charge on any atom is -0.497 e. The molecule has 0 amide bonds. The fraction of sp³-hybridized carbons (Fsp3) is 0.333. The number of hydrogen-bond donors (Lipinski definition) is 1. The minimum atomic E-state index is 0.389. The smallest absolute Gasteiger partial charge is 0.124 e. The maximum atomic E-state index is 5.69. The highest BCUT2D eigenvalue weighted by Crippen LogP contribution is 2.31. The molecule has 1 aliphatic heterocycles. The average Bonchev–Trinajstić information content (AvgIpc) is 2.55. The third-order valence-corrected chi connectivity index (χ3v) is 3.90. The number of nitrogens with one attached hydrogen (secondary N) is 1. The van der Waals surface area contributed by atoms with E-state index in [1.807, 2.05) is 24.3 Å². The van der Waals surface area contributed by atoms with Crippen LogP contribution in [0.5, 0.6) is 11.5 Å². The summed E-state index contributed by atoms with van der Waals surface area (Å²) in [6.45, 7) is 1.74. The minimum absolute atomic E-state index is 0.389. The number of rotatable bonds is 5. The van der Waals surface area contributed by atoms with Gasteiger partial charge in [-0.05, 0) is 36.7 Å². The Labute approximate surface area is 125 Å². The van der Waals surface area contributed by atoms with Gasteiger partial charge < -0.3 is 14.8 Å². The maximum absolute atomic E-state index is 5.69. The monoisotopic (exact) mass is 283 g/mol. The third kappa shape index (κ3) is 3.37. The molecule has 1 heterocycles. The second-order valence-electron chi connectivity index (χ2n) is 5.28. The van der Waals surface area contributed by atoms with Gasteiger partial charge in [0.25, 0.3) is 0 Å². The molecule has 2 aromatic rings. The third-order valence-electron chi connectivity index (χ3n) is 3.90. The van der Waals surface area contributed by atoms with Crippen molar-refractivity contribution in [2.75, 3.05) is 20.3 Å². The quantitative estimate of drug-likeness (QED) is 0.913. The fourth-order valence-electron chi connectivity index (χ4n) is 2.77. The molecule has 2 aromatic carbocycles. The van der Waals surface area contributed by atoms with Gasteiger partial charge in [0, 0.05) is 18.0 Å². The predicted molar refractivity (Wildman–Crippen MR) is 84.0 cm³/mol. The Kier molecular flexibility index (Phi) is 4.41. The molecule has 1 N–H and O–H groups in total. The molecule has 1 unspecified atom stereocenters. The van der Waals surface area contributed by atoms with Crippen molar-refractivity contribution < 1.29 is 9.47 Å². The van der Waals surface area contributed by atoms with E-state index in [0.717, 1.165) is 37.5 Å². The van der Waals surface area contributed by atoms with Gasteiger partial charge in [-0.25, -0.2) is 0 Å². The Bertz CT molecular complexity index is 597. The lowest BCUT2D eigenvalue weighted by atomic mass is 10.0. The number of methoxy groups -OCH3 is 1. The molecule has 110 valence electrons. The summed E-state index contributed by atoms with van der Waals surface area (Å²) >= 11 is 0. The van der Waals surface area contributed by atoms with Crippen LogP contribution in [0.3, 0.4) is 0 Å². The summed E-state index contributed by atoms with van der Waals surface area (Å²) in [7, 11) is 1.70. The summed E-state index contributed by atoms with van der Waals surface area (Å²) in [6, 6.07) is 16.9. The van der Waals surface area contributed by atoms with Crippen molar-refractivity contribution in [3.63, 3.8) is 0 Å². The zero-order valence-corrected chi connectivity index (χ0v) is 12.3. The molecule has 0 saturated heterocycles. The van der Waals surface area contributed by atoms with Gasteiger partial charge >= 0.3 is 0 Å². The van der Waals surface area contributed by atoms with Crippen LogP contribution in [-0.4, -0.2) is 20.3 Å². The Balaban J connectivity index is 1.59. The molecule has 3 rings (SSSR count). The second-order valence-corrected chi connectivity index (χ2v) is 5.28. The highest BCUT2D eigenvalue weighted by Gasteiger charge is 2.19. The molecule has 3 nitrogen and oxygen atoms in total. The normalized spacial score (nSPS) is 16.9. The fourth-order valence-corrected chi connectivity index (χ4v) is 2.77. The van der Waals surface area contributed by atoms with Gasteiger partial charge in [0.05, 0.1) is 13.7 Å². The Hall–Kier alpha value is -2.00. The van der Waals surface area contributed by atoms with E-state index >= 15 is 0 Å². The Morgan fingerprint density at radius 1 is 1.19 bits per heavy atom. The molecule has 0 bridgehead atoms. The van der Waals surface area contributed by atoms with Crippen molar-refractivity contribution in [1.29, 1.82) is 0 Å². The van der Waals surface area contributed by atoms with E-state index in [9.17, 15) is 0 Å². The van der Waals surface area contributed by atoms with Gasteiger partial charge in [0.2, 0.25) is 0 Å². The van der Waals surface area contributed by atoms with E-state index in [1.165, 1.54) is 11.1 Å². The molecule has 0 fully saturated rings. The van der Waals surface area contributed by atoms with Crippen LogP contribution in [0.1, 0.15) is 23.6 Å². The zero-order valence-electron chi connectivity index (χ0n) is 12.3. The summed E-state index contributed by atoms with van der Waals surface area (Å²) in [5.41, 5.74) is 2.57. The molecule has 0 aromatic heterocycles. The van der Waals surface area contributed by atoms with E-state index in [0.29, 0.717) is 6.04 Å². The molecular weight excluding hydrogens is 262 g/mol. The van der Waals surface area contributed by atoms with Gasteiger partial charge in [-0.15, -0.1) is 0 Å². The molecule has 0 aliphatic carbocycles. The highest BCUT2D eigenvalue weighted by molar-refractivity contribution is 5.37. The number of hydrogen-bond acceptors (Lipinski definition) is 3. The molecule has 0 radical (unpaired) electrons. The van der Waals surface area contributed by atoms with Crippen LogP contribution in [0, 0.1) is 0 Å². The Morgan fingerprint density at radius 2 is 2.10 bits per heavy atom. The topological polar surface area (TPSA) is 30.5 Å². The standard InChI is InChI=1S/C18H21NO2/c1-20-15-6-4-5-14(13-15)9-11-19-17-10-12-21-18-8-3-2-7-16(17)18/h2-8,13,17,19H,9-12H2,1H3. The van der Waals surface area contributed by atoms with Crippen molar-refractivity contribution in [2.45, 2.75) is 18.9 Å². The van der Waals surface area contributed by atoms with Gasteiger partial charge in [0.1, 0.15) is 11.5 Å². The van der Waals surface area contributed by atoms with E-state index in [-0.39, 0.29) is 0 Å². The van der Waals surface area contributed by atoms with Gasteiger partial charge in [-0.1, -0.05) is 30.3 Å². The number of ether oxygens (including phenoxy) is 2. The van der Waals surface area contributed by atoms with Crippen molar-refractivity contribution in [2.24, 2.45) is 0 Å². The summed E-state index contributed by atoms with van der Waals surface area (Å²) in [5.74, 6) is 1.94. The van der Waals surface area contributed by atoms with Gasteiger partial charge in [-0.3, -0.25) is 0 Å². The second kappa shape index (κ2) is 6.64. The molecule has 0 saturated carbocycles. The molecule has 21 heavy (non-hydrogen) atoms. The lowest BCUT2D eigenvalue weighted by molar-refractivity contribution is 0.253. The lowest BCUT2D eigenvalue weighted by Gasteiger charge is -2.26.